The Morgan fingerprint density at radius 2 is 1.80 bits per heavy atom. The summed E-state index contributed by atoms with van der Waals surface area (Å²) in [5.41, 5.74) is 2.05. The summed E-state index contributed by atoms with van der Waals surface area (Å²) in [7, 11) is 0. The van der Waals surface area contributed by atoms with Crippen molar-refractivity contribution in [2.75, 3.05) is 5.32 Å². The zero-order valence-electron chi connectivity index (χ0n) is 12.0. The van der Waals surface area contributed by atoms with E-state index in [1.807, 2.05) is 11.3 Å². The molecular weight excluding hydrogens is 262 g/mol. The summed E-state index contributed by atoms with van der Waals surface area (Å²) >= 11 is 1.83. The summed E-state index contributed by atoms with van der Waals surface area (Å²) in [4.78, 5) is 0. The van der Waals surface area contributed by atoms with Crippen LogP contribution in [-0.2, 0) is 0 Å². The summed E-state index contributed by atoms with van der Waals surface area (Å²) in [6.07, 6.45) is 11.6. The SMILES string of the molecule is c1cc2cc(NC3CCC4(CCCC4)CC3)ccc2s1. The first kappa shape index (κ1) is 12.7. The standard InChI is InChI=1S/C18H23NS/c1-2-9-18(8-1)10-5-15(6-11-18)19-16-3-4-17-14(13-16)7-12-20-17/h3-4,7,12-13,15,19H,1-2,5-6,8-11H2. The van der Waals surface area contributed by atoms with E-state index in [1.165, 1.54) is 67.1 Å². The van der Waals surface area contributed by atoms with Crippen molar-refractivity contribution in [2.24, 2.45) is 5.41 Å². The maximum absolute atomic E-state index is 3.77. The second-order valence-corrected chi connectivity index (χ2v) is 7.75. The molecule has 0 atom stereocenters. The Morgan fingerprint density at radius 1 is 1.00 bits per heavy atom. The number of thiophene rings is 1. The van der Waals surface area contributed by atoms with E-state index >= 15 is 0 Å². The number of hydrogen-bond donors (Lipinski definition) is 1. The van der Waals surface area contributed by atoms with Gasteiger partial charge >= 0.3 is 0 Å². The predicted molar refractivity (Wildman–Crippen MR) is 88.6 cm³/mol. The third-order valence-corrected chi connectivity index (χ3v) is 6.43. The van der Waals surface area contributed by atoms with E-state index in [1.54, 1.807) is 0 Å². The molecule has 2 aliphatic rings. The van der Waals surface area contributed by atoms with Crippen molar-refractivity contribution >= 4 is 27.1 Å². The van der Waals surface area contributed by atoms with E-state index in [-0.39, 0.29) is 0 Å². The van der Waals surface area contributed by atoms with Crippen molar-refractivity contribution in [1.82, 2.24) is 0 Å². The van der Waals surface area contributed by atoms with Gasteiger partial charge in [0.2, 0.25) is 0 Å². The van der Waals surface area contributed by atoms with Crippen LogP contribution >= 0.6 is 11.3 Å². The molecule has 2 saturated carbocycles. The van der Waals surface area contributed by atoms with E-state index in [4.69, 9.17) is 0 Å². The maximum atomic E-state index is 3.77. The Bertz CT molecular complexity index is 584. The lowest BCUT2D eigenvalue weighted by Gasteiger charge is -2.37. The van der Waals surface area contributed by atoms with Gasteiger partial charge in [-0.1, -0.05) is 12.8 Å². The van der Waals surface area contributed by atoms with Crippen molar-refractivity contribution in [2.45, 2.75) is 57.4 Å². The Hall–Kier alpha value is -1.02. The number of anilines is 1. The molecule has 1 N–H and O–H groups in total. The summed E-state index contributed by atoms with van der Waals surface area (Å²) in [6, 6.07) is 9.73. The van der Waals surface area contributed by atoms with Crippen molar-refractivity contribution in [3.63, 3.8) is 0 Å². The quantitative estimate of drug-likeness (QED) is 0.733. The van der Waals surface area contributed by atoms with E-state index in [9.17, 15) is 0 Å². The largest absolute Gasteiger partial charge is 0.382 e. The Kier molecular flexibility index (Phi) is 3.22. The smallest absolute Gasteiger partial charge is 0.0349 e. The molecule has 0 radical (unpaired) electrons. The molecule has 1 aromatic carbocycles. The molecule has 2 fully saturated rings. The zero-order valence-corrected chi connectivity index (χ0v) is 12.8. The third kappa shape index (κ3) is 2.35. The average molecular weight is 285 g/mol. The second-order valence-electron chi connectivity index (χ2n) is 6.80. The molecule has 4 rings (SSSR count). The van der Waals surface area contributed by atoms with Gasteiger partial charge in [-0.05, 0) is 79.0 Å². The lowest BCUT2D eigenvalue weighted by Crippen LogP contribution is -2.31. The van der Waals surface area contributed by atoms with Crippen molar-refractivity contribution in [1.29, 1.82) is 0 Å². The fraction of sp³-hybridized carbons (Fsp3) is 0.556. The topological polar surface area (TPSA) is 12.0 Å². The minimum Gasteiger partial charge on any atom is -0.382 e. The highest BCUT2D eigenvalue weighted by molar-refractivity contribution is 7.17. The minimum atomic E-state index is 0.692. The first-order chi connectivity index (χ1) is 9.83. The van der Waals surface area contributed by atoms with Crippen LogP contribution in [0.1, 0.15) is 51.4 Å². The second kappa shape index (κ2) is 5.07. The highest BCUT2D eigenvalue weighted by atomic mass is 32.1. The average Bonchev–Trinajstić information content (AvgIpc) is 3.11. The number of nitrogens with one attached hydrogen (secondary N) is 1. The van der Waals surface area contributed by atoms with Crippen LogP contribution in [0.2, 0.25) is 0 Å². The first-order valence-corrected chi connectivity index (χ1v) is 8.95. The molecule has 20 heavy (non-hydrogen) atoms. The van der Waals surface area contributed by atoms with Gasteiger partial charge in [-0.2, -0.15) is 0 Å². The van der Waals surface area contributed by atoms with Gasteiger partial charge in [-0.3, -0.25) is 0 Å². The van der Waals surface area contributed by atoms with E-state index < -0.39 is 0 Å². The van der Waals surface area contributed by atoms with Crippen molar-refractivity contribution < 1.29 is 0 Å². The molecular formula is C18H23NS. The van der Waals surface area contributed by atoms with Gasteiger partial charge in [0, 0.05) is 16.4 Å². The molecule has 106 valence electrons. The van der Waals surface area contributed by atoms with Crippen LogP contribution in [0.4, 0.5) is 5.69 Å². The minimum absolute atomic E-state index is 0.692. The Labute approximate surface area is 125 Å². The Morgan fingerprint density at radius 3 is 2.60 bits per heavy atom. The number of benzene rings is 1. The van der Waals surface area contributed by atoms with Crippen LogP contribution in [0, 0.1) is 5.41 Å². The number of fused-ring (bicyclic) bond motifs is 1. The van der Waals surface area contributed by atoms with E-state index in [2.05, 4.69) is 35.0 Å². The molecule has 0 aliphatic heterocycles. The molecule has 0 unspecified atom stereocenters. The summed E-state index contributed by atoms with van der Waals surface area (Å²) in [6.45, 7) is 0. The van der Waals surface area contributed by atoms with Crippen molar-refractivity contribution in [3.8, 4) is 0 Å². The highest BCUT2D eigenvalue weighted by Gasteiger charge is 2.37. The zero-order chi connectivity index (χ0) is 13.4. The van der Waals surface area contributed by atoms with Gasteiger partial charge in [0.05, 0.1) is 0 Å². The summed E-state index contributed by atoms with van der Waals surface area (Å²) in [5, 5.41) is 7.33. The fourth-order valence-corrected chi connectivity index (χ4v) is 5.06. The van der Waals surface area contributed by atoms with E-state index in [0.29, 0.717) is 6.04 Å². The first-order valence-electron chi connectivity index (χ1n) is 8.07. The molecule has 0 amide bonds. The molecule has 1 aromatic heterocycles. The molecule has 2 aliphatic carbocycles. The van der Waals surface area contributed by atoms with Gasteiger partial charge in [-0.25, -0.2) is 0 Å². The van der Waals surface area contributed by atoms with E-state index in [0.717, 1.165) is 5.41 Å². The van der Waals surface area contributed by atoms with Crippen LogP contribution < -0.4 is 5.32 Å². The highest BCUT2D eigenvalue weighted by Crippen LogP contribution is 2.49. The molecule has 2 heteroatoms. The van der Waals surface area contributed by atoms with Crippen LogP contribution in [0.3, 0.4) is 0 Å². The lowest BCUT2D eigenvalue weighted by atomic mass is 9.71. The molecule has 2 aromatic rings. The van der Waals surface area contributed by atoms with Crippen LogP contribution in [0.15, 0.2) is 29.6 Å². The molecule has 0 bridgehead atoms. The molecule has 1 heterocycles. The Balaban J connectivity index is 1.42. The number of rotatable bonds is 2. The molecule has 1 spiro atoms. The lowest BCUT2D eigenvalue weighted by molar-refractivity contribution is 0.188. The third-order valence-electron chi connectivity index (χ3n) is 5.53. The predicted octanol–water partition coefficient (Wildman–Crippen LogP) is 5.82. The summed E-state index contributed by atoms with van der Waals surface area (Å²) < 4.78 is 1.39. The van der Waals surface area contributed by atoms with Gasteiger partial charge in [0.1, 0.15) is 0 Å². The fourth-order valence-electron chi connectivity index (χ4n) is 4.29. The van der Waals surface area contributed by atoms with Crippen LogP contribution in [0.5, 0.6) is 0 Å². The maximum Gasteiger partial charge on any atom is 0.0349 e. The van der Waals surface area contributed by atoms with Crippen LogP contribution in [0.25, 0.3) is 10.1 Å². The normalized spacial score (nSPS) is 22.6. The van der Waals surface area contributed by atoms with Gasteiger partial charge in [0.15, 0.2) is 0 Å². The van der Waals surface area contributed by atoms with Gasteiger partial charge < -0.3 is 5.32 Å². The van der Waals surface area contributed by atoms with Gasteiger partial charge in [0.25, 0.3) is 0 Å². The van der Waals surface area contributed by atoms with Crippen LogP contribution in [-0.4, -0.2) is 6.04 Å². The molecule has 0 saturated heterocycles. The number of hydrogen-bond acceptors (Lipinski definition) is 2. The van der Waals surface area contributed by atoms with Crippen molar-refractivity contribution in [3.05, 3.63) is 29.6 Å². The molecule has 1 nitrogen and oxygen atoms in total. The van der Waals surface area contributed by atoms with Gasteiger partial charge in [-0.15, -0.1) is 11.3 Å². The summed E-state index contributed by atoms with van der Waals surface area (Å²) in [5.74, 6) is 0. The monoisotopic (exact) mass is 285 g/mol.